The number of aromatic nitrogens is 1. The van der Waals surface area contributed by atoms with E-state index in [4.69, 9.17) is 18.9 Å². The van der Waals surface area contributed by atoms with Crippen molar-refractivity contribution in [2.24, 2.45) is 4.99 Å². The third-order valence-electron chi connectivity index (χ3n) is 7.05. The monoisotopic (exact) mass is 724 g/mol. The highest BCUT2D eigenvalue weighted by atomic mass is 79.9. The molecule has 4 aromatic rings. The topological polar surface area (TPSA) is 175 Å². The molecule has 0 spiro atoms. The molecule has 0 aliphatic carbocycles. The molecule has 47 heavy (non-hydrogen) atoms. The van der Waals surface area contributed by atoms with E-state index in [2.05, 4.69) is 20.9 Å². The van der Waals surface area contributed by atoms with Crippen LogP contribution in [0.5, 0.6) is 23.0 Å². The second-order valence-corrected chi connectivity index (χ2v) is 11.7. The Morgan fingerprint density at radius 3 is 2.43 bits per heavy atom. The summed E-state index contributed by atoms with van der Waals surface area (Å²) in [4.78, 5) is 53.5. The molecule has 5 rings (SSSR count). The maximum absolute atomic E-state index is 14.1. The largest absolute Gasteiger partial charge is 0.493 e. The molecule has 0 unspecified atom stereocenters. The van der Waals surface area contributed by atoms with Crippen molar-refractivity contribution in [2.45, 2.75) is 19.9 Å². The first kappa shape index (κ1) is 33.0. The molecule has 1 aliphatic rings. The summed E-state index contributed by atoms with van der Waals surface area (Å²) < 4.78 is 24.3. The number of hydrogen-bond acceptors (Lipinski definition) is 12. The lowest BCUT2D eigenvalue weighted by atomic mass is 9.95. The fraction of sp³-hybridized carbons (Fsp3) is 0.194. The van der Waals surface area contributed by atoms with Gasteiger partial charge in [-0.15, -0.1) is 0 Å². The molecule has 2 heterocycles. The smallest absolute Gasteiger partial charge is 0.338 e. The predicted molar refractivity (Wildman–Crippen MR) is 174 cm³/mol. The molecule has 0 N–H and O–H groups in total. The predicted octanol–water partition coefficient (Wildman–Crippen LogP) is 5.19. The van der Waals surface area contributed by atoms with Crippen molar-refractivity contribution in [1.82, 2.24) is 4.57 Å². The SMILES string of the molecule is CCOC(=O)C1=C(C)N=c2s/c(=C/c3cccc(Oc4ccc([N+](=O)[O-])cc4[N+](=O)[O-])c3)c(=O)n2[C@H]1c1cc(OC)c(OC)cc1Br. The number of esters is 1. The van der Waals surface area contributed by atoms with E-state index in [1.165, 1.54) is 18.8 Å². The van der Waals surface area contributed by atoms with Gasteiger partial charge in [0.15, 0.2) is 16.3 Å². The van der Waals surface area contributed by atoms with Gasteiger partial charge in [0.05, 0.1) is 58.6 Å². The van der Waals surface area contributed by atoms with Gasteiger partial charge in [0, 0.05) is 10.5 Å². The van der Waals surface area contributed by atoms with Gasteiger partial charge in [-0.1, -0.05) is 39.4 Å². The van der Waals surface area contributed by atoms with Crippen LogP contribution in [-0.4, -0.2) is 41.2 Å². The third kappa shape index (κ3) is 6.50. The van der Waals surface area contributed by atoms with E-state index in [1.807, 2.05) is 0 Å². The Kier molecular flexibility index (Phi) is 9.53. The minimum absolute atomic E-state index is 0.112. The first-order valence-corrected chi connectivity index (χ1v) is 15.4. The van der Waals surface area contributed by atoms with Crippen LogP contribution >= 0.6 is 27.3 Å². The Hall–Kier alpha value is -5.35. The van der Waals surface area contributed by atoms with Crippen LogP contribution in [0.1, 0.15) is 31.0 Å². The third-order valence-corrected chi connectivity index (χ3v) is 8.72. The molecule has 3 aromatic carbocycles. The summed E-state index contributed by atoms with van der Waals surface area (Å²) in [5.74, 6) is 0.196. The van der Waals surface area contributed by atoms with Crippen LogP contribution in [0.3, 0.4) is 0 Å². The molecule has 0 saturated heterocycles. The summed E-state index contributed by atoms with van der Waals surface area (Å²) >= 11 is 4.68. The van der Waals surface area contributed by atoms with Crippen molar-refractivity contribution in [2.75, 3.05) is 20.8 Å². The number of carbonyl (C=O) groups is 1. The van der Waals surface area contributed by atoms with E-state index in [0.29, 0.717) is 37.6 Å². The first-order chi connectivity index (χ1) is 22.5. The number of thiazole rings is 1. The average molecular weight is 726 g/mol. The van der Waals surface area contributed by atoms with Crippen molar-refractivity contribution < 1.29 is 33.6 Å². The molecule has 14 nitrogen and oxygen atoms in total. The van der Waals surface area contributed by atoms with Crippen LogP contribution in [0.2, 0.25) is 0 Å². The number of rotatable bonds is 10. The Bertz CT molecular complexity index is 2160. The zero-order chi connectivity index (χ0) is 34.0. The van der Waals surface area contributed by atoms with Crippen molar-refractivity contribution >= 4 is 50.7 Å². The first-order valence-electron chi connectivity index (χ1n) is 13.8. The summed E-state index contributed by atoms with van der Waals surface area (Å²) in [5, 5.41) is 22.7. The number of fused-ring (bicyclic) bond motifs is 1. The van der Waals surface area contributed by atoms with E-state index in [9.17, 15) is 29.8 Å². The molecule has 0 fully saturated rings. The fourth-order valence-electron chi connectivity index (χ4n) is 4.96. The Labute approximate surface area is 278 Å². The molecule has 0 bridgehead atoms. The van der Waals surface area contributed by atoms with Gasteiger partial charge >= 0.3 is 11.7 Å². The van der Waals surface area contributed by atoms with Gasteiger partial charge in [-0.25, -0.2) is 9.79 Å². The van der Waals surface area contributed by atoms with Crippen molar-refractivity contribution in [3.63, 3.8) is 0 Å². The molecule has 1 atom stereocenters. The molecule has 16 heteroatoms. The number of methoxy groups -OCH3 is 2. The Morgan fingerprint density at radius 1 is 1.04 bits per heavy atom. The highest BCUT2D eigenvalue weighted by Gasteiger charge is 2.35. The molecular formula is C31H25BrN4O10S. The molecular weight excluding hydrogens is 700 g/mol. The van der Waals surface area contributed by atoms with Crippen molar-refractivity contribution in [3.8, 4) is 23.0 Å². The van der Waals surface area contributed by atoms with E-state index in [-0.39, 0.29) is 28.2 Å². The number of nitro benzene ring substituents is 2. The van der Waals surface area contributed by atoms with Gasteiger partial charge in [0.2, 0.25) is 5.75 Å². The van der Waals surface area contributed by atoms with Gasteiger partial charge in [0.25, 0.3) is 11.2 Å². The molecule has 0 radical (unpaired) electrons. The van der Waals surface area contributed by atoms with Gasteiger partial charge in [-0.2, -0.15) is 0 Å². The van der Waals surface area contributed by atoms with E-state index in [0.717, 1.165) is 29.5 Å². The lowest BCUT2D eigenvalue weighted by Gasteiger charge is -2.26. The number of nitro groups is 2. The second kappa shape index (κ2) is 13.6. The maximum Gasteiger partial charge on any atom is 0.338 e. The minimum Gasteiger partial charge on any atom is -0.493 e. The highest BCUT2D eigenvalue weighted by Crippen LogP contribution is 2.41. The fourth-order valence-corrected chi connectivity index (χ4v) is 6.55. The van der Waals surface area contributed by atoms with Crippen LogP contribution in [0.4, 0.5) is 11.4 Å². The van der Waals surface area contributed by atoms with Crippen LogP contribution in [-0.2, 0) is 9.53 Å². The number of carbonyl (C=O) groups excluding carboxylic acids is 1. The van der Waals surface area contributed by atoms with E-state index < -0.39 is 38.8 Å². The normalized spacial score (nSPS) is 14.2. The summed E-state index contributed by atoms with van der Waals surface area (Å²) in [5.41, 5.74) is 0.143. The number of ether oxygens (including phenoxy) is 4. The molecule has 242 valence electrons. The van der Waals surface area contributed by atoms with Gasteiger partial charge < -0.3 is 18.9 Å². The number of nitrogens with zero attached hydrogens (tertiary/aromatic N) is 4. The maximum atomic E-state index is 14.1. The highest BCUT2D eigenvalue weighted by molar-refractivity contribution is 9.10. The molecule has 1 aromatic heterocycles. The number of benzene rings is 3. The molecule has 1 aliphatic heterocycles. The summed E-state index contributed by atoms with van der Waals surface area (Å²) in [6.45, 7) is 3.46. The second-order valence-electron chi connectivity index (χ2n) is 9.87. The number of hydrogen-bond donors (Lipinski definition) is 0. The average Bonchev–Trinajstić information content (AvgIpc) is 3.34. The number of halogens is 1. The van der Waals surface area contributed by atoms with Crippen molar-refractivity contribution in [1.29, 1.82) is 0 Å². The minimum atomic E-state index is -0.931. The van der Waals surface area contributed by atoms with E-state index in [1.54, 1.807) is 56.3 Å². The zero-order valence-corrected chi connectivity index (χ0v) is 27.6. The molecule has 0 amide bonds. The van der Waals surface area contributed by atoms with Crippen LogP contribution in [0.15, 0.2) is 80.1 Å². The summed E-state index contributed by atoms with van der Waals surface area (Å²) in [6.07, 6.45) is 1.60. The summed E-state index contributed by atoms with van der Waals surface area (Å²) in [6, 6.07) is 11.9. The zero-order valence-electron chi connectivity index (χ0n) is 25.2. The quantitative estimate of drug-likeness (QED) is 0.120. The van der Waals surface area contributed by atoms with Gasteiger partial charge in [-0.05, 0) is 61.4 Å². The van der Waals surface area contributed by atoms with Crippen molar-refractivity contribution in [3.05, 3.63) is 121 Å². The summed E-state index contributed by atoms with van der Waals surface area (Å²) in [7, 11) is 2.97. The van der Waals surface area contributed by atoms with E-state index >= 15 is 0 Å². The van der Waals surface area contributed by atoms with Crippen LogP contribution < -0.4 is 29.1 Å². The van der Waals surface area contributed by atoms with Gasteiger partial charge in [0.1, 0.15) is 5.75 Å². The Morgan fingerprint density at radius 2 is 1.77 bits per heavy atom. The van der Waals surface area contributed by atoms with Crippen LogP contribution in [0, 0.1) is 20.2 Å². The Balaban J connectivity index is 1.62. The standard InChI is InChI=1S/C31H25BrN4O10S/c1-5-45-30(38)27-16(2)33-31-34(28(27)20-14-24(43-3)25(44-4)15-21(20)32)29(37)26(47-31)12-17-7-6-8-19(11-17)46-23-10-9-18(35(39)40)13-22(23)36(41)42/h6-15,28H,5H2,1-4H3/b26-12+/t28-/m0/s1. The molecule has 0 saturated carbocycles. The number of non-ortho nitro benzene ring substituents is 1. The lowest BCUT2D eigenvalue weighted by Crippen LogP contribution is -2.40. The van der Waals surface area contributed by atoms with Gasteiger partial charge in [-0.3, -0.25) is 29.6 Å². The van der Waals surface area contributed by atoms with Crippen LogP contribution in [0.25, 0.3) is 6.08 Å². The number of allylic oxidation sites excluding steroid dienone is 1. The lowest BCUT2D eigenvalue weighted by molar-refractivity contribution is -0.394.